The molecule has 106 valence electrons. The van der Waals surface area contributed by atoms with Crippen LogP contribution in [0.2, 0.25) is 0 Å². The third-order valence-corrected chi connectivity index (χ3v) is 4.81. The monoisotopic (exact) mass is 288 g/mol. The summed E-state index contributed by atoms with van der Waals surface area (Å²) in [6.07, 6.45) is 0.929. The van der Waals surface area contributed by atoms with Crippen molar-refractivity contribution in [2.45, 2.75) is 37.0 Å². The first-order chi connectivity index (χ1) is 9.29. The van der Waals surface area contributed by atoms with Crippen molar-refractivity contribution in [3.05, 3.63) is 60.2 Å². The second-order valence-electron chi connectivity index (χ2n) is 6.20. The Morgan fingerprint density at radius 1 is 0.800 bits per heavy atom. The average Bonchev–Trinajstić information content (AvgIpc) is 2.38. The van der Waals surface area contributed by atoms with Crippen LogP contribution < -0.4 is 0 Å². The van der Waals surface area contributed by atoms with Crippen LogP contribution in [0, 0.1) is 5.41 Å². The summed E-state index contributed by atoms with van der Waals surface area (Å²) in [6.45, 7) is 6.50. The number of hydrogen-bond donors (Lipinski definition) is 0. The van der Waals surface area contributed by atoms with Crippen molar-refractivity contribution in [3.8, 4) is 0 Å². The third kappa shape index (κ3) is 3.48. The van der Waals surface area contributed by atoms with Crippen LogP contribution in [0.1, 0.15) is 26.3 Å². The van der Waals surface area contributed by atoms with Gasteiger partial charge >= 0.3 is 0 Å². The minimum Gasteiger partial charge on any atom is -0.219 e. The number of benzene rings is 2. The van der Waals surface area contributed by atoms with E-state index in [0.717, 1.165) is 12.0 Å². The average molecular weight is 288 g/mol. The first kappa shape index (κ1) is 14.8. The molecule has 0 spiro atoms. The fourth-order valence-corrected chi connectivity index (χ4v) is 3.42. The van der Waals surface area contributed by atoms with Gasteiger partial charge in [-0.25, -0.2) is 8.42 Å². The molecule has 0 saturated heterocycles. The lowest BCUT2D eigenvalue weighted by molar-refractivity contribution is 0.411. The van der Waals surface area contributed by atoms with Crippen molar-refractivity contribution < 1.29 is 8.42 Å². The van der Waals surface area contributed by atoms with Crippen molar-refractivity contribution >= 4 is 9.84 Å². The fourth-order valence-electron chi connectivity index (χ4n) is 2.13. The van der Waals surface area contributed by atoms with Gasteiger partial charge in [-0.2, -0.15) is 0 Å². The van der Waals surface area contributed by atoms with Crippen LogP contribution in [0.25, 0.3) is 0 Å². The van der Waals surface area contributed by atoms with Gasteiger partial charge in [-0.1, -0.05) is 51.1 Å². The fraction of sp³-hybridized carbons (Fsp3) is 0.294. The lowest BCUT2D eigenvalue weighted by Gasteiger charge is -2.18. The van der Waals surface area contributed by atoms with E-state index >= 15 is 0 Å². The molecule has 2 rings (SSSR count). The maximum Gasteiger partial charge on any atom is 0.206 e. The molecule has 20 heavy (non-hydrogen) atoms. The Kier molecular flexibility index (Phi) is 4.00. The van der Waals surface area contributed by atoms with Gasteiger partial charge in [0, 0.05) is 0 Å². The standard InChI is InChI=1S/C17H20O2S/c1-17(2,3)13-14-9-11-16(12-10-14)20(18,19)15-7-5-4-6-8-15/h4-12H,13H2,1-3H3. The minimum atomic E-state index is -3.40. The van der Waals surface area contributed by atoms with E-state index < -0.39 is 9.84 Å². The molecular weight excluding hydrogens is 268 g/mol. The Morgan fingerprint density at radius 3 is 1.80 bits per heavy atom. The van der Waals surface area contributed by atoms with Crippen LogP contribution in [0.3, 0.4) is 0 Å². The summed E-state index contributed by atoms with van der Waals surface area (Å²) in [5, 5.41) is 0. The molecule has 0 N–H and O–H groups in total. The first-order valence-corrected chi connectivity index (χ1v) is 8.16. The zero-order valence-corrected chi connectivity index (χ0v) is 12.9. The van der Waals surface area contributed by atoms with Crippen molar-refractivity contribution in [2.75, 3.05) is 0 Å². The summed E-state index contributed by atoms with van der Waals surface area (Å²) in [7, 11) is -3.40. The summed E-state index contributed by atoms with van der Waals surface area (Å²) >= 11 is 0. The smallest absolute Gasteiger partial charge is 0.206 e. The van der Waals surface area contributed by atoms with Gasteiger partial charge in [-0.15, -0.1) is 0 Å². The highest BCUT2D eigenvalue weighted by Crippen LogP contribution is 2.24. The highest BCUT2D eigenvalue weighted by Gasteiger charge is 2.17. The van der Waals surface area contributed by atoms with Gasteiger partial charge in [0.2, 0.25) is 9.84 Å². The Labute approximate surface area is 121 Å². The van der Waals surface area contributed by atoms with Gasteiger partial charge in [0.15, 0.2) is 0 Å². The van der Waals surface area contributed by atoms with Crippen LogP contribution in [0.15, 0.2) is 64.4 Å². The highest BCUT2D eigenvalue weighted by atomic mass is 32.2. The number of hydrogen-bond acceptors (Lipinski definition) is 2. The normalized spacial score (nSPS) is 12.3. The molecule has 3 heteroatoms. The van der Waals surface area contributed by atoms with Crippen molar-refractivity contribution in [2.24, 2.45) is 5.41 Å². The second-order valence-corrected chi connectivity index (χ2v) is 8.15. The van der Waals surface area contributed by atoms with Gasteiger partial charge in [0.1, 0.15) is 0 Å². The van der Waals surface area contributed by atoms with Gasteiger partial charge in [-0.3, -0.25) is 0 Å². The molecule has 0 aliphatic heterocycles. The van der Waals surface area contributed by atoms with E-state index in [-0.39, 0.29) is 5.41 Å². The molecular formula is C17H20O2S. The summed E-state index contributed by atoms with van der Waals surface area (Å²) in [5.74, 6) is 0. The van der Waals surface area contributed by atoms with Crippen molar-refractivity contribution in [3.63, 3.8) is 0 Å². The van der Waals surface area contributed by atoms with Gasteiger partial charge in [-0.05, 0) is 41.7 Å². The van der Waals surface area contributed by atoms with Crippen molar-refractivity contribution in [1.82, 2.24) is 0 Å². The van der Waals surface area contributed by atoms with Crippen LogP contribution in [-0.2, 0) is 16.3 Å². The van der Waals surface area contributed by atoms with Gasteiger partial charge in [0.05, 0.1) is 9.79 Å². The van der Waals surface area contributed by atoms with E-state index in [1.54, 1.807) is 36.4 Å². The van der Waals surface area contributed by atoms with Crippen LogP contribution >= 0.6 is 0 Å². The van der Waals surface area contributed by atoms with E-state index in [1.165, 1.54) is 0 Å². The predicted octanol–water partition coefficient (Wildman–Crippen LogP) is 4.11. The topological polar surface area (TPSA) is 34.1 Å². The zero-order chi connectivity index (χ0) is 14.8. The van der Waals surface area contributed by atoms with E-state index in [2.05, 4.69) is 20.8 Å². The lowest BCUT2D eigenvalue weighted by Crippen LogP contribution is -2.09. The lowest BCUT2D eigenvalue weighted by atomic mass is 9.88. The second kappa shape index (κ2) is 5.41. The van der Waals surface area contributed by atoms with E-state index in [0.29, 0.717) is 9.79 Å². The Bertz CT molecular complexity index is 663. The van der Waals surface area contributed by atoms with E-state index in [9.17, 15) is 8.42 Å². The predicted molar refractivity (Wildman–Crippen MR) is 81.5 cm³/mol. The Hall–Kier alpha value is -1.61. The minimum absolute atomic E-state index is 0.194. The van der Waals surface area contributed by atoms with Crippen LogP contribution in [-0.4, -0.2) is 8.42 Å². The molecule has 0 aromatic heterocycles. The number of rotatable bonds is 3. The molecule has 0 radical (unpaired) electrons. The molecule has 2 nitrogen and oxygen atoms in total. The Morgan fingerprint density at radius 2 is 1.30 bits per heavy atom. The molecule has 2 aromatic carbocycles. The molecule has 0 fully saturated rings. The third-order valence-electron chi connectivity index (χ3n) is 3.02. The molecule has 0 atom stereocenters. The molecule has 0 bridgehead atoms. The summed E-state index contributed by atoms with van der Waals surface area (Å²) in [5.41, 5.74) is 1.35. The Balaban J connectivity index is 2.31. The molecule has 0 saturated carbocycles. The van der Waals surface area contributed by atoms with Crippen molar-refractivity contribution in [1.29, 1.82) is 0 Å². The largest absolute Gasteiger partial charge is 0.219 e. The van der Waals surface area contributed by atoms with E-state index in [1.807, 2.05) is 18.2 Å². The molecule has 0 heterocycles. The molecule has 0 unspecified atom stereocenters. The molecule has 2 aromatic rings. The number of sulfone groups is 1. The van der Waals surface area contributed by atoms with Gasteiger partial charge < -0.3 is 0 Å². The van der Waals surface area contributed by atoms with Gasteiger partial charge in [0.25, 0.3) is 0 Å². The maximum absolute atomic E-state index is 12.4. The quantitative estimate of drug-likeness (QED) is 0.852. The summed E-state index contributed by atoms with van der Waals surface area (Å²) in [4.78, 5) is 0.685. The highest BCUT2D eigenvalue weighted by molar-refractivity contribution is 7.91. The van der Waals surface area contributed by atoms with Crippen LogP contribution in [0.5, 0.6) is 0 Å². The zero-order valence-electron chi connectivity index (χ0n) is 12.1. The van der Waals surface area contributed by atoms with E-state index in [4.69, 9.17) is 0 Å². The first-order valence-electron chi connectivity index (χ1n) is 6.68. The molecule has 0 aliphatic carbocycles. The molecule has 0 amide bonds. The SMILES string of the molecule is CC(C)(C)Cc1ccc(S(=O)(=O)c2ccccc2)cc1. The maximum atomic E-state index is 12.4. The van der Waals surface area contributed by atoms with Crippen LogP contribution in [0.4, 0.5) is 0 Å². The summed E-state index contributed by atoms with van der Waals surface area (Å²) < 4.78 is 24.9. The summed E-state index contributed by atoms with van der Waals surface area (Å²) in [6, 6.07) is 15.7. The molecule has 0 aliphatic rings.